The summed E-state index contributed by atoms with van der Waals surface area (Å²) in [5, 5.41) is 0. The summed E-state index contributed by atoms with van der Waals surface area (Å²) in [6, 6.07) is 4.11. The first kappa shape index (κ1) is 12.9. The largest absolute Gasteiger partial charge is 0.496 e. The normalized spacial score (nSPS) is 9.50. The fraction of sp³-hybridized carbons (Fsp3) is 0.429. The van der Waals surface area contributed by atoms with Gasteiger partial charge in [0.05, 0.1) is 7.11 Å². The van der Waals surface area contributed by atoms with Crippen LogP contribution in [0, 0.1) is 25.7 Å². The zero-order valence-electron chi connectivity index (χ0n) is 10.1. The fourth-order valence-electron chi connectivity index (χ4n) is 1.66. The molecule has 86 valence electrons. The van der Waals surface area contributed by atoms with Gasteiger partial charge in [-0.15, -0.1) is 11.6 Å². The van der Waals surface area contributed by atoms with E-state index in [1.165, 1.54) is 0 Å². The van der Waals surface area contributed by atoms with Gasteiger partial charge in [-0.05, 0) is 43.5 Å². The van der Waals surface area contributed by atoms with Crippen LogP contribution in [0.15, 0.2) is 12.1 Å². The van der Waals surface area contributed by atoms with Gasteiger partial charge in [0.25, 0.3) is 0 Å². The Bertz CT molecular complexity index is 389. The van der Waals surface area contributed by atoms with E-state index in [4.69, 9.17) is 16.3 Å². The second-order valence-electron chi connectivity index (χ2n) is 3.74. The molecule has 0 aromatic heterocycles. The minimum Gasteiger partial charge on any atom is -0.496 e. The molecule has 0 atom stereocenters. The second-order valence-corrected chi connectivity index (χ2v) is 4.12. The highest BCUT2D eigenvalue weighted by atomic mass is 35.5. The van der Waals surface area contributed by atoms with Crippen molar-refractivity contribution in [3.63, 3.8) is 0 Å². The molecular formula is C14H17ClO. The number of halogens is 1. The monoisotopic (exact) mass is 236 g/mol. The average Bonchev–Trinajstić information content (AvgIpc) is 2.24. The first-order valence-electron chi connectivity index (χ1n) is 5.39. The quantitative estimate of drug-likeness (QED) is 0.442. The van der Waals surface area contributed by atoms with Crippen molar-refractivity contribution in [1.82, 2.24) is 0 Å². The van der Waals surface area contributed by atoms with Crippen LogP contribution in [0.25, 0.3) is 0 Å². The molecule has 0 radical (unpaired) electrons. The van der Waals surface area contributed by atoms with Gasteiger partial charge in [-0.1, -0.05) is 11.8 Å². The molecule has 0 spiro atoms. The minimum atomic E-state index is 0.676. The maximum atomic E-state index is 5.59. The van der Waals surface area contributed by atoms with Gasteiger partial charge in [-0.3, -0.25) is 0 Å². The van der Waals surface area contributed by atoms with E-state index in [0.717, 1.165) is 35.3 Å². The molecule has 1 nitrogen and oxygen atoms in total. The zero-order chi connectivity index (χ0) is 12.0. The van der Waals surface area contributed by atoms with Gasteiger partial charge in [-0.2, -0.15) is 0 Å². The Morgan fingerprint density at radius 2 is 1.88 bits per heavy atom. The number of benzene rings is 1. The van der Waals surface area contributed by atoms with Gasteiger partial charge in [0.1, 0.15) is 5.75 Å². The van der Waals surface area contributed by atoms with Crippen molar-refractivity contribution in [3.05, 3.63) is 28.8 Å². The molecule has 0 unspecified atom stereocenters. The third-order valence-corrected chi connectivity index (χ3v) is 2.60. The molecule has 1 rings (SSSR count). The molecule has 0 saturated carbocycles. The zero-order valence-corrected chi connectivity index (χ0v) is 10.8. The Balaban J connectivity index is 2.86. The van der Waals surface area contributed by atoms with Crippen LogP contribution >= 0.6 is 11.6 Å². The van der Waals surface area contributed by atoms with E-state index in [1.807, 2.05) is 13.8 Å². The fourth-order valence-corrected chi connectivity index (χ4v) is 1.80. The van der Waals surface area contributed by atoms with E-state index in [-0.39, 0.29) is 0 Å². The van der Waals surface area contributed by atoms with Crippen LogP contribution < -0.4 is 4.74 Å². The van der Waals surface area contributed by atoms with Crippen molar-refractivity contribution in [1.29, 1.82) is 0 Å². The molecule has 0 aliphatic carbocycles. The third-order valence-electron chi connectivity index (χ3n) is 2.33. The number of rotatable bonds is 3. The lowest BCUT2D eigenvalue weighted by atomic mass is 10.1. The Kier molecular flexibility index (Phi) is 5.22. The first-order chi connectivity index (χ1) is 7.69. The lowest BCUT2D eigenvalue weighted by molar-refractivity contribution is 0.408. The van der Waals surface area contributed by atoms with E-state index >= 15 is 0 Å². The maximum absolute atomic E-state index is 5.59. The Hall–Kier alpha value is -1.13. The summed E-state index contributed by atoms with van der Waals surface area (Å²) in [6.45, 7) is 4.07. The summed E-state index contributed by atoms with van der Waals surface area (Å²) in [5.74, 6) is 7.89. The van der Waals surface area contributed by atoms with Gasteiger partial charge in [0, 0.05) is 17.9 Å². The topological polar surface area (TPSA) is 9.23 Å². The van der Waals surface area contributed by atoms with Crippen LogP contribution in [-0.4, -0.2) is 13.0 Å². The molecule has 0 N–H and O–H groups in total. The number of aryl methyl sites for hydroxylation is 2. The Morgan fingerprint density at radius 1 is 1.25 bits per heavy atom. The molecule has 16 heavy (non-hydrogen) atoms. The van der Waals surface area contributed by atoms with Gasteiger partial charge < -0.3 is 4.74 Å². The van der Waals surface area contributed by atoms with E-state index in [0.29, 0.717) is 5.88 Å². The number of ether oxygens (including phenoxy) is 1. The van der Waals surface area contributed by atoms with E-state index in [9.17, 15) is 0 Å². The summed E-state index contributed by atoms with van der Waals surface area (Å²) in [4.78, 5) is 0. The van der Waals surface area contributed by atoms with Crippen LogP contribution in [0.1, 0.15) is 29.5 Å². The van der Waals surface area contributed by atoms with Gasteiger partial charge >= 0.3 is 0 Å². The van der Waals surface area contributed by atoms with E-state index in [2.05, 4.69) is 24.0 Å². The Labute approximate surface area is 103 Å². The van der Waals surface area contributed by atoms with E-state index in [1.54, 1.807) is 7.11 Å². The summed E-state index contributed by atoms with van der Waals surface area (Å²) in [5.41, 5.74) is 3.30. The molecule has 0 aliphatic rings. The van der Waals surface area contributed by atoms with Crippen molar-refractivity contribution in [2.45, 2.75) is 26.7 Å². The summed E-state index contributed by atoms with van der Waals surface area (Å²) < 4.78 is 5.31. The highest BCUT2D eigenvalue weighted by Crippen LogP contribution is 2.23. The lowest BCUT2D eigenvalue weighted by Gasteiger charge is -2.08. The van der Waals surface area contributed by atoms with Crippen molar-refractivity contribution < 1.29 is 4.74 Å². The summed E-state index contributed by atoms with van der Waals surface area (Å²) in [7, 11) is 1.70. The molecule has 1 aromatic rings. The number of alkyl halides is 1. The smallest absolute Gasteiger partial charge is 0.124 e. The average molecular weight is 237 g/mol. The molecule has 2 heteroatoms. The third kappa shape index (κ3) is 3.47. The van der Waals surface area contributed by atoms with Gasteiger partial charge in [-0.25, -0.2) is 0 Å². The van der Waals surface area contributed by atoms with Crippen LogP contribution in [0.2, 0.25) is 0 Å². The number of methoxy groups -OCH3 is 1. The first-order valence-corrected chi connectivity index (χ1v) is 5.92. The highest BCUT2D eigenvalue weighted by molar-refractivity contribution is 6.17. The lowest BCUT2D eigenvalue weighted by Crippen LogP contribution is -1.92. The maximum Gasteiger partial charge on any atom is 0.124 e. The van der Waals surface area contributed by atoms with Crippen LogP contribution in [0.4, 0.5) is 0 Å². The number of hydrogen-bond donors (Lipinski definition) is 0. The second kappa shape index (κ2) is 6.45. The minimum absolute atomic E-state index is 0.676. The number of hydrogen-bond acceptors (Lipinski definition) is 1. The molecular weight excluding hydrogens is 220 g/mol. The molecule has 1 aromatic carbocycles. The predicted octanol–water partition coefficient (Wildman–Crippen LogP) is 3.68. The van der Waals surface area contributed by atoms with Crippen molar-refractivity contribution in [2.24, 2.45) is 0 Å². The molecule has 0 bridgehead atoms. The summed E-state index contributed by atoms with van der Waals surface area (Å²) >= 11 is 5.59. The highest BCUT2D eigenvalue weighted by Gasteiger charge is 2.03. The van der Waals surface area contributed by atoms with Crippen molar-refractivity contribution >= 4 is 11.6 Å². The molecule has 0 fully saturated rings. The van der Waals surface area contributed by atoms with Crippen molar-refractivity contribution in [3.8, 4) is 17.6 Å². The number of unbranched alkanes of at least 4 members (excludes halogenated alkanes) is 1. The van der Waals surface area contributed by atoms with Crippen LogP contribution in [0.3, 0.4) is 0 Å². The van der Waals surface area contributed by atoms with Gasteiger partial charge in [0.15, 0.2) is 0 Å². The molecule has 0 saturated heterocycles. The van der Waals surface area contributed by atoms with Gasteiger partial charge in [0.2, 0.25) is 0 Å². The predicted molar refractivity (Wildman–Crippen MR) is 69.3 cm³/mol. The molecule has 0 heterocycles. The molecule has 0 amide bonds. The summed E-state index contributed by atoms with van der Waals surface area (Å²) in [6.07, 6.45) is 1.80. The van der Waals surface area contributed by atoms with Crippen LogP contribution in [-0.2, 0) is 0 Å². The van der Waals surface area contributed by atoms with E-state index < -0.39 is 0 Å². The standard InChI is InChI=1S/C14H17ClO/c1-11-9-13(7-5-4-6-8-15)10-12(2)14(11)16-3/h9-10H,4,6,8H2,1-3H3. The SMILES string of the molecule is COc1c(C)cc(C#CCCCCl)cc1C. The van der Waals surface area contributed by atoms with Crippen LogP contribution in [0.5, 0.6) is 5.75 Å². The van der Waals surface area contributed by atoms with Crippen molar-refractivity contribution in [2.75, 3.05) is 13.0 Å². The molecule has 0 aliphatic heterocycles. The Morgan fingerprint density at radius 3 is 2.38 bits per heavy atom.